The van der Waals surface area contributed by atoms with Gasteiger partial charge in [0.25, 0.3) is 0 Å². The molecule has 90 valence electrons. The van der Waals surface area contributed by atoms with Crippen molar-refractivity contribution < 1.29 is 9.53 Å². The molecule has 1 atom stereocenters. The van der Waals surface area contributed by atoms with E-state index in [2.05, 4.69) is 18.9 Å². The van der Waals surface area contributed by atoms with Crippen molar-refractivity contribution in [1.82, 2.24) is 4.90 Å². The monoisotopic (exact) mass is 215 g/mol. The molecule has 0 amide bonds. The standard InChI is InChI=1S/C12H25NO2/c1-5-7-8-9-13(3)10-11(6-2)12(14)15-4/h11H,5-10H2,1-4H3. The number of rotatable bonds is 8. The van der Waals surface area contributed by atoms with Crippen molar-refractivity contribution in [2.75, 3.05) is 27.2 Å². The highest BCUT2D eigenvalue weighted by molar-refractivity contribution is 5.72. The van der Waals surface area contributed by atoms with E-state index in [-0.39, 0.29) is 11.9 Å². The minimum absolute atomic E-state index is 0.0293. The summed E-state index contributed by atoms with van der Waals surface area (Å²) >= 11 is 0. The second-order valence-electron chi connectivity index (χ2n) is 4.10. The van der Waals surface area contributed by atoms with Gasteiger partial charge in [-0.1, -0.05) is 26.7 Å². The third-order valence-electron chi connectivity index (χ3n) is 2.70. The molecule has 0 aliphatic rings. The Hall–Kier alpha value is -0.570. The number of esters is 1. The first kappa shape index (κ1) is 14.4. The maximum Gasteiger partial charge on any atom is 0.309 e. The Morgan fingerprint density at radius 3 is 2.47 bits per heavy atom. The van der Waals surface area contributed by atoms with Gasteiger partial charge < -0.3 is 9.64 Å². The molecule has 0 aliphatic carbocycles. The van der Waals surface area contributed by atoms with E-state index >= 15 is 0 Å². The number of ether oxygens (including phenoxy) is 1. The van der Waals surface area contributed by atoms with Crippen molar-refractivity contribution in [2.24, 2.45) is 5.92 Å². The normalized spacial score (nSPS) is 12.9. The molecule has 3 heteroatoms. The number of carbonyl (C=O) groups excluding carboxylic acids is 1. The van der Waals surface area contributed by atoms with Crippen LogP contribution in [-0.4, -0.2) is 38.1 Å². The molecule has 0 N–H and O–H groups in total. The maximum absolute atomic E-state index is 11.4. The molecule has 0 aromatic rings. The smallest absolute Gasteiger partial charge is 0.309 e. The molecule has 0 spiro atoms. The van der Waals surface area contributed by atoms with Crippen molar-refractivity contribution in [2.45, 2.75) is 39.5 Å². The summed E-state index contributed by atoms with van der Waals surface area (Å²) in [5.41, 5.74) is 0. The zero-order valence-electron chi connectivity index (χ0n) is 10.6. The second kappa shape index (κ2) is 8.72. The Morgan fingerprint density at radius 2 is 2.00 bits per heavy atom. The molecule has 0 aliphatic heterocycles. The molecule has 3 nitrogen and oxygen atoms in total. The highest BCUT2D eigenvalue weighted by Crippen LogP contribution is 2.07. The molecule has 0 heterocycles. The first-order valence-corrected chi connectivity index (χ1v) is 5.92. The minimum atomic E-state index is -0.0835. The fraction of sp³-hybridized carbons (Fsp3) is 0.917. The van der Waals surface area contributed by atoms with Gasteiger partial charge in [0.05, 0.1) is 13.0 Å². The summed E-state index contributed by atoms with van der Waals surface area (Å²) in [6, 6.07) is 0. The van der Waals surface area contributed by atoms with E-state index in [0.29, 0.717) is 0 Å². The lowest BCUT2D eigenvalue weighted by Crippen LogP contribution is -2.31. The predicted octanol–water partition coefficient (Wildman–Crippen LogP) is 2.31. The third kappa shape index (κ3) is 6.50. The molecule has 0 saturated carbocycles. The zero-order chi connectivity index (χ0) is 11.7. The quantitative estimate of drug-likeness (QED) is 0.459. The van der Waals surface area contributed by atoms with Crippen LogP contribution < -0.4 is 0 Å². The fourth-order valence-electron chi connectivity index (χ4n) is 1.64. The topological polar surface area (TPSA) is 29.5 Å². The van der Waals surface area contributed by atoms with Crippen LogP contribution in [0, 0.1) is 5.92 Å². The van der Waals surface area contributed by atoms with Gasteiger partial charge in [0.1, 0.15) is 0 Å². The molecule has 0 aromatic carbocycles. The molecule has 0 aromatic heterocycles. The van der Waals surface area contributed by atoms with Crippen LogP contribution in [0.4, 0.5) is 0 Å². The van der Waals surface area contributed by atoms with Gasteiger partial charge in [-0.25, -0.2) is 0 Å². The Kier molecular flexibility index (Phi) is 8.38. The Labute approximate surface area is 93.8 Å². The van der Waals surface area contributed by atoms with Crippen LogP contribution in [0.5, 0.6) is 0 Å². The molecule has 0 rings (SSSR count). The highest BCUT2D eigenvalue weighted by atomic mass is 16.5. The van der Waals surface area contributed by atoms with Gasteiger partial charge in [-0.15, -0.1) is 0 Å². The molecular weight excluding hydrogens is 190 g/mol. The van der Waals surface area contributed by atoms with E-state index in [1.807, 2.05) is 6.92 Å². The van der Waals surface area contributed by atoms with E-state index in [1.54, 1.807) is 0 Å². The lowest BCUT2D eigenvalue weighted by atomic mass is 10.1. The van der Waals surface area contributed by atoms with Gasteiger partial charge in [0.15, 0.2) is 0 Å². The largest absolute Gasteiger partial charge is 0.469 e. The molecule has 15 heavy (non-hydrogen) atoms. The number of carbonyl (C=O) groups is 1. The molecule has 1 unspecified atom stereocenters. The molecule has 0 bridgehead atoms. The summed E-state index contributed by atoms with van der Waals surface area (Å²) in [6.45, 7) is 6.11. The van der Waals surface area contributed by atoms with Gasteiger partial charge >= 0.3 is 5.97 Å². The number of hydrogen-bond acceptors (Lipinski definition) is 3. The van der Waals surface area contributed by atoms with Crippen molar-refractivity contribution in [3.63, 3.8) is 0 Å². The molecule has 0 fully saturated rings. The first-order valence-electron chi connectivity index (χ1n) is 5.92. The summed E-state index contributed by atoms with van der Waals surface area (Å²) in [6.07, 6.45) is 4.57. The number of methoxy groups -OCH3 is 1. The minimum Gasteiger partial charge on any atom is -0.469 e. The number of hydrogen-bond donors (Lipinski definition) is 0. The highest BCUT2D eigenvalue weighted by Gasteiger charge is 2.18. The van der Waals surface area contributed by atoms with Gasteiger partial charge in [0, 0.05) is 6.54 Å². The van der Waals surface area contributed by atoms with Crippen LogP contribution in [0.2, 0.25) is 0 Å². The van der Waals surface area contributed by atoms with Gasteiger partial charge in [-0.05, 0) is 26.4 Å². The van der Waals surface area contributed by atoms with Crippen LogP contribution in [0.1, 0.15) is 39.5 Å². The van der Waals surface area contributed by atoms with Crippen LogP contribution >= 0.6 is 0 Å². The van der Waals surface area contributed by atoms with E-state index < -0.39 is 0 Å². The van der Waals surface area contributed by atoms with E-state index in [0.717, 1.165) is 19.5 Å². The lowest BCUT2D eigenvalue weighted by molar-refractivity contribution is -0.146. The molecular formula is C12H25NO2. The summed E-state index contributed by atoms with van der Waals surface area (Å²) in [5, 5.41) is 0. The number of unbranched alkanes of at least 4 members (excludes halogenated alkanes) is 2. The first-order chi connectivity index (χ1) is 7.15. The summed E-state index contributed by atoms with van der Waals surface area (Å²) in [7, 11) is 3.53. The van der Waals surface area contributed by atoms with Crippen LogP contribution in [0.15, 0.2) is 0 Å². The van der Waals surface area contributed by atoms with Gasteiger partial charge in [0.2, 0.25) is 0 Å². The van der Waals surface area contributed by atoms with Crippen molar-refractivity contribution in [1.29, 1.82) is 0 Å². The van der Waals surface area contributed by atoms with E-state index in [1.165, 1.54) is 26.4 Å². The summed E-state index contributed by atoms with van der Waals surface area (Å²) < 4.78 is 4.76. The zero-order valence-corrected chi connectivity index (χ0v) is 10.6. The summed E-state index contributed by atoms with van der Waals surface area (Å²) in [5.74, 6) is -0.0542. The Bertz CT molecular complexity index is 171. The Morgan fingerprint density at radius 1 is 1.33 bits per heavy atom. The summed E-state index contributed by atoms with van der Waals surface area (Å²) in [4.78, 5) is 13.6. The second-order valence-corrected chi connectivity index (χ2v) is 4.10. The van der Waals surface area contributed by atoms with Crippen molar-refractivity contribution >= 4 is 5.97 Å². The average molecular weight is 215 g/mol. The van der Waals surface area contributed by atoms with Crippen molar-refractivity contribution in [3.05, 3.63) is 0 Å². The molecule has 0 radical (unpaired) electrons. The maximum atomic E-state index is 11.4. The lowest BCUT2D eigenvalue weighted by Gasteiger charge is -2.21. The van der Waals surface area contributed by atoms with Crippen LogP contribution in [0.3, 0.4) is 0 Å². The van der Waals surface area contributed by atoms with Crippen LogP contribution in [0.25, 0.3) is 0 Å². The van der Waals surface area contributed by atoms with E-state index in [4.69, 9.17) is 4.74 Å². The van der Waals surface area contributed by atoms with Crippen LogP contribution in [-0.2, 0) is 9.53 Å². The third-order valence-corrected chi connectivity index (χ3v) is 2.70. The van der Waals surface area contributed by atoms with Gasteiger partial charge in [-0.2, -0.15) is 0 Å². The SMILES string of the molecule is CCCCCN(C)CC(CC)C(=O)OC. The van der Waals surface area contributed by atoms with Crippen molar-refractivity contribution in [3.8, 4) is 0 Å². The van der Waals surface area contributed by atoms with E-state index in [9.17, 15) is 4.79 Å². The number of nitrogens with zero attached hydrogens (tertiary/aromatic N) is 1. The van der Waals surface area contributed by atoms with Gasteiger partial charge in [-0.3, -0.25) is 4.79 Å². The average Bonchev–Trinajstić information content (AvgIpc) is 2.25. The molecule has 0 saturated heterocycles. The Balaban J connectivity index is 3.80. The predicted molar refractivity (Wildman–Crippen MR) is 62.8 cm³/mol. The fourth-order valence-corrected chi connectivity index (χ4v) is 1.64.